The Labute approximate surface area is 197 Å². The Kier molecular flexibility index (Phi) is 14.0. The first kappa shape index (κ1) is 26.5. The molecule has 0 aliphatic carbocycles. The van der Waals surface area contributed by atoms with E-state index in [4.69, 9.17) is 4.99 Å². The van der Waals surface area contributed by atoms with Crippen LogP contribution in [0.1, 0.15) is 89.5 Å². The van der Waals surface area contributed by atoms with Gasteiger partial charge < -0.3 is 5.11 Å². The van der Waals surface area contributed by atoms with Crippen LogP contribution < -0.4 is 0 Å². The fourth-order valence-electron chi connectivity index (χ4n) is 4.67. The number of hydrogen-bond acceptors (Lipinski definition) is 2. The van der Waals surface area contributed by atoms with Gasteiger partial charge in [-0.3, -0.25) is 4.48 Å². The molecule has 1 atom stereocenters. The Morgan fingerprint density at radius 1 is 0.875 bits per heavy atom. The van der Waals surface area contributed by atoms with Crippen molar-refractivity contribution in [2.24, 2.45) is 4.99 Å². The van der Waals surface area contributed by atoms with E-state index >= 15 is 0 Å². The summed E-state index contributed by atoms with van der Waals surface area (Å²) in [4.78, 5) is 4.87. The summed E-state index contributed by atoms with van der Waals surface area (Å²) in [5, 5.41) is 9.71. The fourth-order valence-corrected chi connectivity index (χ4v) is 4.67. The molecule has 1 N–H and O–H groups in total. The molecule has 1 unspecified atom stereocenters. The molecule has 1 aromatic carbocycles. The summed E-state index contributed by atoms with van der Waals surface area (Å²) in [6.45, 7) is 6.17. The number of hydrogen-bond donors (Lipinski definition) is 1. The predicted octanol–water partition coefficient (Wildman–Crippen LogP) is 7.22. The molecule has 0 saturated carbocycles. The molecule has 0 saturated heterocycles. The molecule has 2 rings (SSSR count). The van der Waals surface area contributed by atoms with Crippen molar-refractivity contribution in [2.75, 3.05) is 26.2 Å². The Bertz CT molecular complexity index is 680. The number of benzene rings is 1. The van der Waals surface area contributed by atoms with Crippen LogP contribution >= 0.6 is 0 Å². The van der Waals surface area contributed by atoms with E-state index in [1.165, 1.54) is 75.6 Å². The maximum Gasteiger partial charge on any atom is 0.198 e. The number of nitrogens with zero attached hydrogens (tertiary/aromatic N) is 2. The number of rotatable bonds is 18. The van der Waals surface area contributed by atoms with Gasteiger partial charge in [-0.15, -0.1) is 0 Å². The van der Waals surface area contributed by atoms with E-state index in [1.807, 2.05) is 0 Å². The summed E-state index contributed by atoms with van der Waals surface area (Å²) in [5.41, 5.74) is 1.34. The second-order valence-corrected chi connectivity index (χ2v) is 9.24. The summed E-state index contributed by atoms with van der Waals surface area (Å²) in [6, 6.07) is 10.7. The van der Waals surface area contributed by atoms with Gasteiger partial charge in [0.1, 0.15) is 19.6 Å². The molecule has 0 bridgehead atoms. The molecule has 178 valence electrons. The number of quaternary nitrogens is 1. The van der Waals surface area contributed by atoms with Gasteiger partial charge in [0.25, 0.3) is 0 Å². The lowest BCUT2D eigenvalue weighted by Gasteiger charge is -2.34. The van der Waals surface area contributed by atoms with E-state index in [0.717, 1.165) is 43.5 Å². The quantitative estimate of drug-likeness (QED) is 0.146. The minimum absolute atomic E-state index is 0.230. The first-order valence-corrected chi connectivity index (χ1v) is 13.2. The molecule has 1 aliphatic rings. The van der Waals surface area contributed by atoms with E-state index in [9.17, 15) is 5.11 Å². The second-order valence-electron chi connectivity index (χ2n) is 9.24. The van der Waals surface area contributed by atoms with Gasteiger partial charge in [-0.05, 0) is 38.5 Å². The molecule has 1 aromatic rings. The highest BCUT2D eigenvalue weighted by Crippen LogP contribution is 2.24. The molecule has 0 fully saturated rings. The topological polar surface area (TPSA) is 32.6 Å². The second kappa shape index (κ2) is 16.9. The highest BCUT2D eigenvalue weighted by atomic mass is 16.3. The van der Waals surface area contributed by atoms with Crippen LogP contribution in [0.4, 0.5) is 0 Å². The molecule has 0 aromatic heterocycles. The summed E-state index contributed by atoms with van der Waals surface area (Å²) < 4.78 is 0.859. The minimum Gasteiger partial charge on any atom is -0.390 e. The lowest BCUT2D eigenvalue weighted by atomic mass is 10.1. The number of allylic oxidation sites excluding steroid dienone is 4. The van der Waals surface area contributed by atoms with Crippen molar-refractivity contribution >= 4 is 5.84 Å². The van der Waals surface area contributed by atoms with Gasteiger partial charge in [-0.2, -0.15) is 0 Å². The Morgan fingerprint density at radius 3 is 2.28 bits per heavy atom. The number of amidine groups is 1. The Morgan fingerprint density at radius 2 is 1.56 bits per heavy atom. The van der Waals surface area contributed by atoms with Crippen LogP contribution in [-0.2, 0) is 6.54 Å². The number of aliphatic hydroxyl groups excluding tert-OH is 1. The van der Waals surface area contributed by atoms with Crippen molar-refractivity contribution in [3.8, 4) is 0 Å². The minimum atomic E-state index is 0.230. The highest BCUT2D eigenvalue weighted by molar-refractivity contribution is 5.76. The summed E-state index contributed by atoms with van der Waals surface area (Å²) in [7, 11) is 0. The van der Waals surface area contributed by atoms with Crippen molar-refractivity contribution in [1.82, 2.24) is 0 Å². The van der Waals surface area contributed by atoms with E-state index < -0.39 is 0 Å². The molecular formula is C29H47N2O+. The van der Waals surface area contributed by atoms with E-state index in [1.54, 1.807) is 0 Å². The highest BCUT2D eigenvalue weighted by Gasteiger charge is 2.37. The van der Waals surface area contributed by atoms with Crippen LogP contribution in [0.5, 0.6) is 0 Å². The van der Waals surface area contributed by atoms with Crippen molar-refractivity contribution in [3.63, 3.8) is 0 Å². The van der Waals surface area contributed by atoms with Gasteiger partial charge in [-0.1, -0.05) is 93.7 Å². The Hall–Kier alpha value is -1.71. The van der Waals surface area contributed by atoms with E-state index in [-0.39, 0.29) is 6.61 Å². The standard InChI is InChI=1S/C29H47N2O/c1-2-3-4-5-6-7-8-9-10-11-12-13-14-15-19-22-29-30-23-24-31(29,25-26-32)27-28-20-17-16-18-21-28/h6-7,9-10,16-18,20-21,32H,2-5,8,11-15,19,22-27H2,1H3/q+1/b7-6+,10-9+. The predicted molar refractivity (Wildman–Crippen MR) is 139 cm³/mol. The van der Waals surface area contributed by atoms with Crippen LogP contribution in [-0.4, -0.2) is 41.7 Å². The van der Waals surface area contributed by atoms with E-state index in [0.29, 0.717) is 0 Å². The first-order chi connectivity index (χ1) is 15.8. The van der Waals surface area contributed by atoms with Gasteiger partial charge in [0.2, 0.25) is 0 Å². The smallest absolute Gasteiger partial charge is 0.198 e. The van der Waals surface area contributed by atoms with Crippen LogP contribution in [0.2, 0.25) is 0 Å². The van der Waals surface area contributed by atoms with Crippen LogP contribution in [0.25, 0.3) is 0 Å². The zero-order valence-electron chi connectivity index (χ0n) is 20.6. The molecule has 32 heavy (non-hydrogen) atoms. The van der Waals surface area contributed by atoms with E-state index in [2.05, 4.69) is 61.6 Å². The zero-order valence-corrected chi connectivity index (χ0v) is 20.6. The average Bonchev–Trinajstić information content (AvgIpc) is 3.19. The molecular weight excluding hydrogens is 392 g/mol. The third-order valence-electron chi connectivity index (χ3n) is 6.58. The SMILES string of the molecule is CCCCC/C=C/C/C=C/CCCCCCCC1=NCC[N+]1(CCO)Cc1ccccc1. The van der Waals surface area contributed by atoms with Crippen molar-refractivity contribution in [1.29, 1.82) is 0 Å². The van der Waals surface area contributed by atoms with Crippen LogP contribution in [0.3, 0.4) is 0 Å². The molecule has 3 heteroatoms. The summed E-state index contributed by atoms with van der Waals surface area (Å²) in [6.07, 6.45) is 24.4. The van der Waals surface area contributed by atoms with Crippen molar-refractivity contribution in [3.05, 3.63) is 60.2 Å². The largest absolute Gasteiger partial charge is 0.390 e. The van der Waals surface area contributed by atoms with Crippen LogP contribution in [0, 0.1) is 0 Å². The third kappa shape index (κ3) is 10.3. The first-order valence-electron chi connectivity index (χ1n) is 13.2. The molecule has 0 amide bonds. The lowest BCUT2D eigenvalue weighted by molar-refractivity contribution is -0.850. The Balaban J connectivity index is 1.57. The van der Waals surface area contributed by atoms with Gasteiger partial charge in [0.15, 0.2) is 5.84 Å². The monoisotopic (exact) mass is 439 g/mol. The third-order valence-corrected chi connectivity index (χ3v) is 6.58. The average molecular weight is 440 g/mol. The van der Waals surface area contributed by atoms with Gasteiger partial charge in [-0.25, -0.2) is 4.99 Å². The van der Waals surface area contributed by atoms with Crippen molar-refractivity contribution in [2.45, 2.75) is 90.5 Å². The lowest BCUT2D eigenvalue weighted by Crippen LogP contribution is -2.51. The van der Waals surface area contributed by atoms with Gasteiger partial charge in [0.05, 0.1) is 13.2 Å². The molecule has 1 heterocycles. The number of aliphatic imine (C=N–C) groups is 1. The van der Waals surface area contributed by atoms with Gasteiger partial charge in [0, 0.05) is 12.0 Å². The molecule has 3 nitrogen and oxygen atoms in total. The normalized spacial score (nSPS) is 18.8. The van der Waals surface area contributed by atoms with Gasteiger partial charge >= 0.3 is 0 Å². The maximum absolute atomic E-state index is 9.71. The van der Waals surface area contributed by atoms with Crippen LogP contribution in [0.15, 0.2) is 59.6 Å². The molecule has 1 aliphatic heterocycles. The maximum atomic E-state index is 9.71. The number of aliphatic hydroxyl groups is 1. The number of unbranched alkanes of at least 4 members (excludes halogenated alkanes) is 8. The molecule has 0 radical (unpaired) electrons. The fraction of sp³-hybridized carbons (Fsp3) is 0.621. The molecule has 0 spiro atoms. The van der Waals surface area contributed by atoms with Crippen molar-refractivity contribution < 1.29 is 9.59 Å². The summed E-state index contributed by atoms with van der Waals surface area (Å²) >= 11 is 0. The zero-order chi connectivity index (χ0) is 22.7. The summed E-state index contributed by atoms with van der Waals surface area (Å²) in [5.74, 6) is 1.31.